The molecule has 0 fully saturated rings. The monoisotopic (exact) mass is 357 g/mol. The van der Waals surface area contributed by atoms with Crippen molar-refractivity contribution < 1.29 is 18.2 Å². The zero-order valence-electron chi connectivity index (χ0n) is 14.0. The summed E-state index contributed by atoms with van der Waals surface area (Å²) in [5, 5.41) is 10.2. The van der Waals surface area contributed by atoms with Crippen LogP contribution in [0.15, 0.2) is 33.3 Å². The molecule has 0 saturated heterocycles. The van der Waals surface area contributed by atoms with E-state index < -0.39 is 5.91 Å². The third-order valence-corrected chi connectivity index (χ3v) is 4.26. The van der Waals surface area contributed by atoms with E-state index in [0.717, 1.165) is 17.9 Å². The lowest BCUT2D eigenvalue weighted by Crippen LogP contribution is -2.29. The summed E-state index contributed by atoms with van der Waals surface area (Å²) in [6.07, 6.45) is 0.675. The predicted molar refractivity (Wildman–Crippen MR) is 87.4 cm³/mol. The Morgan fingerprint density at radius 1 is 1.35 bits per heavy atom. The number of hydrogen-bond donors (Lipinski definition) is 1. The molecule has 1 aromatic carbocycles. The lowest BCUT2D eigenvalue weighted by molar-refractivity contribution is 0.0950. The van der Waals surface area contributed by atoms with E-state index >= 15 is 0 Å². The van der Waals surface area contributed by atoms with Gasteiger partial charge in [0.05, 0.1) is 6.54 Å². The Morgan fingerprint density at radius 2 is 2.23 bits per heavy atom. The molecule has 2 aromatic heterocycles. The standard InChI is InChI=1S/C17H16FN5O3/c1-19-17(24)16-20-14(26-22-16)9-23-6-5-13-12(8-23)15(21-25-13)10-3-2-4-11(18)7-10/h2-4,7H,5-6,8-9H2,1H3,(H,19,24). The Morgan fingerprint density at radius 3 is 3.04 bits per heavy atom. The highest BCUT2D eigenvalue weighted by molar-refractivity contribution is 5.89. The van der Waals surface area contributed by atoms with Gasteiger partial charge in [0.2, 0.25) is 5.89 Å². The summed E-state index contributed by atoms with van der Waals surface area (Å²) >= 11 is 0. The minimum Gasteiger partial charge on any atom is -0.360 e. The molecular weight excluding hydrogens is 341 g/mol. The average molecular weight is 357 g/mol. The molecule has 0 unspecified atom stereocenters. The van der Waals surface area contributed by atoms with Crippen LogP contribution in [0.25, 0.3) is 11.3 Å². The lowest BCUT2D eigenvalue weighted by atomic mass is 10.0. The van der Waals surface area contributed by atoms with Crippen molar-refractivity contribution in [2.45, 2.75) is 19.5 Å². The van der Waals surface area contributed by atoms with Crippen LogP contribution in [-0.2, 0) is 19.5 Å². The zero-order valence-corrected chi connectivity index (χ0v) is 14.0. The Labute approximate surface area is 148 Å². The molecule has 1 aliphatic rings. The fourth-order valence-electron chi connectivity index (χ4n) is 2.98. The fourth-order valence-corrected chi connectivity index (χ4v) is 2.98. The molecule has 1 N–H and O–H groups in total. The molecule has 0 spiro atoms. The van der Waals surface area contributed by atoms with Gasteiger partial charge in [0.1, 0.15) is 17.3 Å². The maximum absolute atomic E-state index is 13.5. The molecule has 0 atom stereocenters. The number of carbonyl (C=O) groups is 1. The molecule has 1 aliphatic heterocycles. The molecule has 0 bridgehead atoms. The second-order valence-electron chi connectivity index (χ2n) is 5.99. The van der Waals surface area contributed by atoms with Crippen molar-refractivity contribution in [2.24, 2.45) is 0 Å². The number of nitrogens with zero attached hydrogens (tertiary/aromatic N) is 4. The highest BCUT2D eigenvalue weighted by Crippen LogP contribution is 2.30. The number of hydrogen-bond acceptors (Lipinski definition) is 7. The van der Waals surface area contributed by atoms with E-state index in [1.165, 1.54) is 19.2 Å². The van der Waals surface area contributed by atoms with Gasteiger partial charge in [-0.2, -0.15) is 4.98 Å². The molecular formula is C17H16FN5O3. The largest absolute Gasteiger partial charge is 0.360 e. The maximum atomic E-state index is 13.5. The molecule has 26 heavy (non-hydrogen) atoms. The van der Waals surface area contributed by atoms with Crippen LogP contribution in [-0.4, -0.2) is 39.7 Å². The van der Waals surface area contributed by atoms with E-state index in [9.17, 15) is 9.18 Å². The summed E-state index contributed by atoms with van der Waals surface area (Å²) < 4.78 is 24.1. The third-order valence-electron chi connectivity index (χ3n) is 4.26. The first-order valence-corrected chi connectivity index (χ1v) is 8.14. The number of rotatable bonds is 4. The van der Waals surface area contributed by atoms with Gasteiger partial charge < -0.3 is 14.4 Å². The summed E-state index contributed by atoms with van der Waals surface area (Å²) in [6.45, 7) is 1.68. The van der Waals surface area contributed by atoms with Crippen LogP contribution in [0.1, 0.15) is 27.8 Å². The lowest BCUT2D eigenvalue weighted by Gasteiger charge is -2.24. The second kappa shape index (κ2) is 6.68. The summed E-state index contributed by atoms with van der Waals surface area (Å²) in [6, 6.07) is 6.27. The van der Waals surface area contributed by atoms with Crippen molar-refractivity contribution in [2.75, 3.05) is 13.6 Å². The van der Waals surface area contributed by atoms with Gasteiger partial charge in [-0.15, -0.1) is 0 Å². The van der Waals surface area contributed by atoms with Gasteiger partial charge in [0.15, 0.2) is 0 Å². The van der Waals surface area contributed by atoms with E-state index in [4.69, 9.17) is 9.05 Å². The Hall–Kier alpha value is -3.07. The SMILES string of the molecule is CNC(=O)c1noc(CN2CCc3onc(-c4cccc(F)c4)c3C2)n1. The van der Waals surface area contributed by atoms with Crippen LogP contribution < -0.4 is 5.32 Å². The minimum atomic E-state index is -0.395. The first-order valence-electron chi connectivity index (χ1n) is 8.14. The predicted octanol–water partition coefficient (Wildman–Crippen LogP) is 1.78. The number of carbonyl (C=O) groups excluding carboxylic acids is 1. The normalized spacial score (nSPS) is 14.2. The third kappa shape index (κ3) is 3.08. The number of amides is 1. The summed E-state index contributed by atoms with van der Waals surface area (Å²) in [4.78, 5) is 17.7. The van der Waals surface area contributed by atoms with Crippen molar-refractivity contribution in [3.8, 4) is 11.3 Å². The van der Waals surface area contributed by atoms with Crippen molar-refractivity contribution in [3.63, 3.8) is 0 Å². The first-order chi connectivity index (χ1) is 12.6. The smallest absolute Gasteiger partial charge is 0.292 e. The molecule has 0 aliphatic carbocycles. The van der Waals surface area contributed by atoms with Crippen molar-refractivity contribution >= 4 is 5.91 Å². The van der Waals surface area contributed by atoms with Gasteiger partial charge in [-0.05, 0) is 12.1 Å². The van der Waals surface area contributed by atoms with Gasteiger partial charge in [-0.3, -0.25) is 9.69 Å². The molecule has 1 amide bonds. The van der Waals surface area contributed by atoms with Crippen molar-refractivity contribution in [3.05, 3.63) is 53.1 Å². The van der Waals surface area contributed by atoms with E-state index in [1.54, 1.807) is 12.1 Å². The van der Waals surface area contributed by atoms with Gasteiger partial charge in [-0.1, -0.05) is 22.4 Å². The minimum absolute atomic E-state index is 0.00521. The average Bonchev–Trinajstić information content (AvgIpc) is 3.28. The van der Waals surface area contributed by atoms with Gasteiger partial charge in [0.25, 0.3) is 11.7 Å². The van der Waals surface area contributed by atoms with Crippen LogP contribution in [0.3, 0.4) is 0 Å². The topological polar surface area (TPSA) is 97.3 Å². The van der Waals surface area contributed by atoms with E-state index in [-0.39, 0.29) is 11.6 Å². The van der Waals surface area contributed by atoms with Crippen LogP contribution in [0, 0.1) is 5.82 Å². The Bertz CT molecular complexity index is 952. The van der Waals surface area contributed by atoms with Gasteiger partial charge >= 0.3 is 0 Å². The van der Waals surface area contributed by atoms with E-state index in [1.807, 2.05) is 0 Å². The molecule has 9 heteroatoms. The van der Waals surface area contributed by atoms with Crippen molar-refractivity contribution in [1.29, 1.82) is 0 Å². The van der Waals surface area contributed by atoms with Crippen LogP contribution in [0.2, 0.25) is 0 Å². The summed E-state index contributed by atoms with van der Waals surface area (Å²) in [5.74, 6) is 0.450. The fraction of sp³-hybridized carbons (Fsp3) is 0.294. The van der Waals surface area contributed by atoms with Crippen LogP contribution in [0.4, 0.5) is 4.39 Å². The number of nitrogens with one attached hydrogen (secondary N) is 1. The molecule has 3 heterocycles. The Balaban J connectivity index is 1.53. The van der Waals surface area contributed by atoms with E-state index in [2.05, 4.69) is 25.5 Å². The number of fused-ring (bicyclic) bond motifs is 1. The Kier molecular flexibility index (Phi) is 4.21. The van der Waals surface area contributed by atoms with E-state index in [0.29, 0.717) is 36.7 Å². The molecule has 3 aromatic rings. The van der Waals surface area contributed by atoms with Crippen LogP contribution in [0.5, 0.6) is 0 Å². The molecule has 4 rings (SSSR count). The highest BCUT2D eigenvalue weighted by atomic mass is 19.1. The number of benzene rings is 1. The quantitative estimate of drug-likeness (QED) is 0.760. The van der Waals surface area contributed by atoms with Gasteiger partial charge in [-0.25, -0.2) is 4.39 Å². The summed E-state index contributed by atoms with van der Waals surface area (Å²) in [5.41, 5.74) is 2.24. The second-order valence-corrected chi connectivity index (χ2v) is 5.99. The van der Waals surface area contributed by atoms with Gasteiger partial charge in [0, 0.05) is 37.7 Å². The van der Waals surface area contributed by atoms with Crippen molar-refractivity contribution in [1.82, 2.24) is 25.5 Å². The molecule has 0 radical (unpaired) electrons. The zero-order chi connectivity index (χ0) is 18.1. The summed E-state index contributed by atoms with van der Waals surface area (Å²) in [7, 11) is 1.50. The first kappa shape index (κ1) is 16.4. The number of aromatic nitrogens is 3. The van der Waals surface area contributed by atoms with Crippen LogP contribution >= 0.6 is 0 Å². The maximum Gasteiger partial charge on any atom is 0.292 e. The number of halogens is 1. The molecule has 8 nitrogen and oxygen atoms in total. The highest BCUT2D eigenvalue weighted by Gasteiger charge is 2.26. The molecule has 134 valence electrons. The molecule has 0 saturated carbocycles.